The summed E-state index contributed by atoms with van der Waals surface area (Å²) in [6, 6.07) is 10.4. The third-order valence-electron chi connectivity index (χ3n) is 4.95. The lowest BCUT2D eigenvalue weighted by Crippen LogP contribution is -2.49. The van der Waals surface area contributed by atoms with Crippen LogP contribution in [0.15, 0.2) is 47.4 Å². The van der Waals surface area contributed by atoms with E-state index in [9.17, 15) is 22.4 Å². The van der Waals surface area contributed by atoms with Gasteiger partial charge in [0.25, 0.3) is 5.91 Å². The minimum absolute atomic E-state index is 0.00323. The van der Waals surface area contributed by atoms with Gasteiger partial charge in [0.1, 0.15) is 5.82 Å². The van der Waals surface area contributed by atoms with Gasteiger partial charge >= 0.3 is 0 Å². The highest BCUT2D eigenvalue weighted by Gasteiger charge is 2.26. The van der Waals surface area contributed by atoms with E-state index in [2.05, 4.69) is 9.62 Å². The molecular weight excluding hydrogens is 397 g/mol. The standard InChI is InChI=1S/C20H22FN3O4S/c1-14(25)15-3-5-16(6-4-15)23-9-11-24(12-10-23)20(26)18-13-17(7-8-19(18)21)29(27,28)22-2/h3-8,13,22H,9-12H2,1-2H3. The maximum Gasteiger partial charge on any atom is 0.256 e. The Morgan fingerprint density at radius 1 is 1.00 bits per heavy atom. The molecule has 1 fully saturated rings. The number of halogens is 1. The van der Waals surface area contributed by atoms with Gasteiger partial charge in [-0.1, -0.05) is 0 Å². The fourth-order valence-corrected chi connectivity index (χ4v) is 3.95. The average Bonchev–Trinajstić information content (AvgIpc) is 2.73. The summed E-state index contributed by atoms with van der Waals surface area (Å²) in [7, 11) is -2.52. The monoisotopic (exact) mass is 419 g/mol. The first-order valence-corrected chi connectivity index (χ1v) is 10.6. The molecule has 1 N–H and O–H groups in total. The molecule has 1 saturated heterocycles. The van der Waals surface area contributed by atoms with Crippen LogP contribution in [0, 0.1) is 5.82 Å². The highest BCUT2D eigenvalue weighted by atomic mass is 32.2. The average molecular weight is 419 g/mol. The van der Waals surface area contributed by atoms with Crippen molar-refractivity contribution in [2.24, 2.45) is 0 Å². The lowest BCUT2D eigenvalue weighted by molar-refractivity contribution is 0.0741. The molecule has 1 heterocycles. The number of benzene rings is 2. The Morgan fingerprint density at radius 2 is 1.62 bits per heavy atom. The number of hydrogen-bond acceptors (Lipinski definition) is 5. The molecule has 7 nitrogen and oxygen atoms in total. The minimum atomic E-state index is -3.78. The van der Waals surface area contributed by atoms with Gasteiger partial charge in [-0.15, -0.1) is 0 Å². The number of nitrogens with one attached hydrogen (secondary N) is 1. The van der Waals surface area contributed by atoms with E-state index >= 15 is 0 Å². The van der Waals surface area contributed by atoms with E-state index in [1.165, 1.54) is 18.9 Å². The Hall–Kier alpha value is -2.78. The summed E-state index contributed by atoms with van der Waals surface area (Å²) in [6.07, 6.45) is 0. The quantitative estimate of drug-likeness (QED) is 0.748. The number of rotatable bonds is 5. The predicted octanol–water partition coefficient (Wildman–Crippen LogP) is 1.90. The van der Waals surface area contributed by atoms with Gasteiger partial charge < -0.3 is 9.80 Å². The molecule has 0 unspecified atom stereocenters. The van der Waals surface area contributed by atoms with Gasteiger partial charge in [-0.25, -0.2) is 17.5 Å². The van der Waals surface area contributed by atoms with Gasteiger partial charge in [-0.3, -0.25) is 9.59 Å². The summed E-state index contributed by atoms with van der Waals surface area (Å²) >= 11 is 0. The van der Waals surface area contributed by atoms with Crippen molar-refractivity contribution in [2.75, 3.05) is 38.1 Å². The summed E-state index contributed by atoms with van der Waals surface area (Å²) in [5.41, 5.74) is 1.31. The highest BCUT2D eigenvalue weighted by Crippen LogP contribution is 2.21. The highest BCUT2D eigenvalue weighted by molar-refractivity contribution is 7.89. The van der Waals surface area contributed by atoms with Crippen LogP contribution in [0.3, 0.4) is 0 Å². The molecule has 2 aromatic carbocycles. The number of nitrogens with zero attached hydrogens (tertiary/aromatic N) is 2. The van der Waals surface area contributed by atoms with Crippen molar-refractivity contribution < 1.29 is 22.4 Å². The lowest BCUT2D eigenvalue weighted by Gasteiger charge is -2.36. The molecule has 154 valence electrons. The van der Waals surface area contributed by atoms with Crippen LogP contribution >= 0.6 is 0 Å². The van der Waals surface area contributed by atoms with Gasteiger partial charge in [0.15, 0.2) is 5.78 Å². The Morgan fingerprint density at radius 3 is 2.17 bits per heavy atom. The van der Waals surface area contributed by atoms with Crippen molar-refractivity contribution in [1.29, 1.82) is 0 Å². The first kappa shape index (κ1) is 20.9. The molecule has 2 aromatic rings. The maximum absolute atomic E-state index is 14.2. The molecule has 0 radical (unpaired) electrons. The fourth-order valence-electron chi connectivity index (χ4n) is 3.20. The molecule has 9 heteroatoms. The van der Waals surface area contributed by atoms with Gasteiger partial charge in [-0.2, -0.15) is 0 Å². The minimum Gasteiger partial charge on any atom is -0.368 e. The largest absolute Gasteiger partial charge is 0.368 e. The van der Waals surface area contributed by atoms with Gasteiger partial charge in [0.2, 0.25) is 10.0 Å². The molecule has 1 aliphatic rings. The van der Waals surface area contributed by atoms with Crippen LogP contribution in [0.1, 0.15) is 27.6 Å². The smallest absolute Gasteiger partial charge is 0.256 e. The first-order valence-electron chi connectivity index (χ1n) is 9.11. The second kappa shape index (κ2) is 8.30. The Kier molecular flexibility index (Phi) is 5.99. The first-order chi connectivity index (χ1) is 13.7. The zero-order chi connectivity index (χ0) is 21.2. The van der Waals surface area contributed by atoms with Crippen LogP contribution in [0.5, 0.6) is 0 Å². The second-order valence-corrected chi connectivity index (χ2v) is 8.62. The van der Waals surface area contributed by atoms with Crippen LogP contribution < -0.4 is 9.62 Å². The van der Waals surface area contributed by atoms with E-state index in [1.54, 1.807) is 12.1 Å². The summed E-state index contributed by atoms with van der Waals surface area (Å²) in [4.78, 5) is 27.6. The van der Waals surface area contributed by atoms with Crippen LogP contribution in [-0.4, -0.2) is 58.2 Å². The molecule has 0 bridgehead atoms. The topological polar surface area (TPSA) is 86.8 Å². The lowest BCUT2D eigenvalue weighted by atomic mass is 10.1. The van der Waals surface area contributed by atoms with E-state index in [0.29, 0.717) is 31.7 Å². The van der Waals surface area contributed by atoms with E-state index in [0.717, 1.165) is 23.9 Å². The normalized spacial score (nSPS) is 14.7. The van der Waals surface area contributed by atoms with Crippen LogP contribution in [0.25, 0.3) is 0 Å². The van der Waals surface area contributed by atoms with Crippen molar-refractivity contribution in [3.8, 4) is 0 Å². The van der Waals surface area contributed by atoms with E-state index in [1.807, 2.05) is 12.1 Å². The van der Waals surface area contributed by atoms with E-state index in [-0.39, 0.29) is 16.2 Å². The molecular formula is C20H22FN3O4S. The van der Waals surface area contributed by atoms with Gasteiger partial charge in [0, 0.05) is 37.4 Å². The zero-order valence-corrected chi connectivity index (χ0v) is 17.0. The molecule has 0 saturated carbocycles. The summed E-state index contributed by atoms with van der Waals surface area (Å²) in [6.45, 7) is 3.34. The van der Waals surface area contributed by atoms with Crippen molar-refractivity contribution in [3.05, 3.63) is 59.4 Å². The number of carbonyl (C=O) groups is 2. The molecule has 0 spiro atoms. The van der Waals surface area contributed by atoms with Gasteiger partial charge in [0.05, 0.1) is 10.5 Å². The van der Waals surface area contributed by atoms with E-state index in [4.69, 9.17) is 0 Å². The van der Waals surface area contributed by atoms with E-state index < -0.39 is 21.7 Å². The Bertz CT molecular complexity index is 1030. The summed E-state index contributed by atoms with van der Waals surface area (Å²) in [5, 5.41) is 0. The van der Waals surface area contributed by atoms with Crippen LogP contribution in [-0.2, 0) is 10.0 Å². The van der Waals surface area contributed by atoms with Gasteiger partial charge in [-0.05, 0) is 56.4 Å². The fraction of sp³-hybridized carbons (Fsp3) is 0.300. The number of anilines is 1. The third kappa shape index (κ3) is 4.46. The number of Topliss-reactive ketones (excluding diaryl/α,β-unsaturated/α-hetero) is 1. The molecule has 0 aliphatic carbocycles. The molecule has 29 heavy (non-hydrogen) atoms. The van der Waals surface area contributed by atoms with Crippen LogP contribution in [0.2, 0.25) is 0 Å². The molecule has 3 rings (SSSR count). The number of sulfonamides is 1. The number of hydrogen-bond donors (Lipinski definition) is 1. The number of carbonyl (C=O) groups excluding carboxylic acids is 2. The number of piperazine rings is 1. The second-order valence-electron chi connectivity index (χ2n) is 6.73. The van der Waals surface area contributed by atoms with Crippen molar-refractivity contribution in [2.45, 2.75) is 11.8 Å². The SMILES string of the molecule is CNS(=O)(=O)c1ccc(F)c(C(=O)N2CCN(c3ccc(C(C)=O)cc3)CC2)c1. The third-order valence-corrected chi connectivity index (χ3v) is 6.37. The molecule has 0 atom stereocenters. The van der Waals surface area contributed by atoms with Crippen LogP contribution in [0.4, 0.5) is 10.1 Å². The van der Waals surface area contributed by atoms with Crippen molar-refractivity contribution >= 4 is 27.4 Å². The summed E-state index contributed by atoms with van der Waals surface area (Å²) < 4.78 is 40.3. The maximum atomic E-state index is 14.2. The number of ketones is 1. The molecule has 1 amide bonds. The zero-order valence-electron chi connectivity index (χ0n) is 16.2. The summed E-state index contributed by atoms with van der Waals surface area (Å²) in [5.74, 6) is -1.30. The Labute approximate surface area is 169 Å². The molecule has 1 aliphatic heterocycles. The molecule has 0 aromatic heterocycles. The van der Waals surface area contributed by atoms with Crippen molar-refractivity contribution in [1.82, 2.24) is 9.62 Å². The predicted molar refractivity (Wildman–Crippen MR) is 107 cm³/mol. The Balaban J connectivity index is 1.72. The number of amides is 1. The van der Waals surface area contributed by atoms with Crippen molar-refractivity contribution in [3.63, 3.8) is 0 Å².